The van der Waals surface area contributed by atoms with Crippen LogP contribution in [-0.2, 0) is 23.7 Å². The Labute approximate surface area is 430 Å². The minimum Gasteiger partial charge on any atom is -0.394 e. The van der Waals surface area contributed by atoms with Crippen LogP contribution in [0.5, 0.6) is 0 Å². The number of aliphatic hydroxyl groups excluding tert-OH is 8. The first-order valence-corrected chi connectivity index (χ1v) is 29.1. The van der Waals surface area contributed by atoms with Gasteiger partial charge in [-0.05, 0) is 44.9 Å². The smallest absolute Gasteiger partial charge is 0.220 e. The van der Waals surface area contributed by atoms with Gasteiger partial charge in [0.25, 0.3) is 0 Å². The van der Waals surface area contributed by atoms with Crippen molar-refractivity contribution in [2.24, 2.45) is 0 Å². The molecule has 2 heterocycles. The standard InChI is InChI=1S/C57H107NO13/c1-3-5-7-9-11-13-14-15-16-17-18-19-20-21-22-23-24-25-26-27-28-29-30-31-32-33-35-37-39-41-49(62)58-45(46(61)40-38-36-34-12-10-8-6-4-2)44-68-56-54(67)52(65)55(48(43-60)70-56)71-57-53(66)51(64)50(63)47(42-59)69-57/h17-18,38,40,45-48,50-57,59-61,63-67H,3-16,19-37,39,41-44H2,1-2H3,(H,58,62)/b18-17-,40-38+. The first kappa shape index (κ1) is 65.6. The minimum absolute atomic E-state index is 0.240. The molecule has 0 aromatic heterocycles. The second-order valence-electron chi connectivity index (χ2n) is 20.8. The molecule has 0 spiro atoms. The van der Waals surface area contributed by atoms with Crippen molar-refractivity contribution in [1.29, 1.82) is 0 Å². The fraction of sp³-hybridized carbons (Fsp3) is 0.912. The van der Waals surface area contributed by atoms with E-state index in [9.17, 15) is 45.6 Å². The maximum atomic E-state index is 13.2. The van der Waals surface area contributed by atoms with E-state index in [1.54, 1.807) is 6.08 Å². The highest BCUT2D eigenvalue weighted by atomic mass is 16.7. The molecule has 2 fully saturated rings. The maximum Gasteiger partial charge on any atom is 0.220 e. The lowest BCUT2D eigenvalue weighted by atomic mass is 9.97. The molecule has 14 heteroatoms. The van der Waals surface area contributed by atoms with Crippen molar-refractivity contribution in [2.45, 2.75) is 312 Å². The average molecular weight is 1010 g/mol. The predicted molar refractivity (Wildman–Crippen MR) is 282 cm³/mol. The van der Waals surface area contributed by atoms with Crippen LogP contribution in [0.4, 0.5) is 0 Å². The van der Waals surface area contributed by atoms with E-state index in [0.29, 0.717) is 6.42 Å². The molecule has 0 radical (unpaired) electrons. The van der Waals surface area contributed by atoms with Gasteiger partial charge in [0.1, 0.15) is 48.8 Å². The summed E-state index contributed by atoms with van der Waals surface area (Å²) in [5.41, 5.74) is 0. The number of hydrogen-bond acceptors (Lipinski definition) is 13. The van der Waals surface area contributed by atoms with Crippen LogP contribution in [0.2, 0.25) is 0 Å². The molecule has 12 unspecified atom stereocenters. The summed E-state index contributed by atoms with van der Waals surface area (Å²) in [6.45, 7) is 2.75. The molecule has 1 amide bonds. The third-order valence-electron chi connectivity index (χ3n) is 14.4. The third kappa shape index (κ3) is 30.0. The van der Waals surface area contributed by atoms with E-state index in [-0.39, 0.29) is 18.9 Å². The Morgan fingerprint density at radius 2 is 0.887 bits per heavy atom. The van der Waals surface area contributed by atoms with Crippen LogP contribution >= 0.6 is 0 Å². The quantitative estimate of drug-likeness (QED) is 0.0205. The highest BCUT2D eigenvalue weighted by Gasteiger charge is 2.51. The lowest BCUT2D eigenvalue weighted by molar-refractivity contribution is -0.359. The zero-order valence-electron chi connectivity index (χ0n) is 44.7. The van der Waals surface area contributed by atoms with E-state index in [1.165, 1.54) is 167 Å². The summed E-state index contributed by atoms with van der Waals surface area (Å²) in [5.74, 6) is -0.240. The number of nitrogens with one attached hydrogen (secondary N) is 1. The fourth-order valence-corrected chi connectivity index (χ4v) is 9.64. The average Bonchev–Trinajstić information content (AvgIpc) is 3.37. The molecule has 0 aliphatic carbocycles. The molecule has 2 saturated heterocycles. The van der Waals surface area contributed by atoms with Gasteiger partial charge in [0.05, 0.1) is 32.0 Å². The lowest BCUT2D eigenvalue weighted by Crippen LogP contribution is -2.65. The molecule has 71 heavy (non-hydrogen) atoms. The molecule has 2 aliphatic rings. The van der Waals surface area contributed by atoms with Gasteiger partial charge in [-0.1, -0.05) is 212 Å². The van der Waals surface area contributed by atoms with Crippen LogP contribution in [0.1, 0.15) is 239 Å². The van der Waals surface area contributed by atoms with Gasteiger partial charge in [0.15, 0.2) is 12.6 Å². The van der Waals surface area contributed by atoms with Crippen molar-refractivity contribution in [2.75, 3.05) is 19.8 Å². The molecule has 2 rings (SSSR count). The van der Waals surface area contributed by atoms with Gasteiger partial charge in [-0.15, -0.1) is 0 Å². The number of carbonyl (C=O) groups excluding carboxylic acids is 1. The Hall–Kier alpha value is -1.53. The molecule has 0 saturated carbocycles. The number of amides is 1. The number of rotatable bonds is 46. The Morgan fingerprint density at radius 1 is 0.493 bits per heavy atom. The number of ether oxygens (including phenoxy) is 4. The van der Waals surface area contributed by atoms with E-state index >= 15 is 0 Å². The van der Waals surface area contributed by atoms with E-state index in [2.05, 4.69) is 31.3 Å². The van der Waals surface area contributed by atoms with Crippen LogP contribution in [-0.4, -0.2) is 140 Å². The van der Waals surface area contributed by atoms with Crippen molar-refractivity contribution in [3.63, 3.8) is 0 Å². The molecular weight excluding hydrogens is 907 g/mol. The van der Waals surface area contributed by atoms with Crippen molar-refractivity contribution < 1.29 is 64.6 Å². The predicted octanol–water partition coefficient (Wildman–Crippen LogP) is 9.28. The third-order valence-corrected chi connectivity index (χ3v) is 14.4. The Balaban J connectivity index is 1.62. The number of hydrogen-bond donors (Lipinski definition) is 9. The summed E-state index contributed by atoms with van der Waals surface area (Å²) in [6, 6.07) is -0.909. The molecule has 418 valence electrons. The van der Waals surface area contributed by atoms with Gasteiger partial charge in [-0.25, -0.2) is 0 Å². The van der Waals surface area contributed by atoms with E-state index in [0.717, 1.165) is 44.9 Å². The molecule has 0 aromatic carbocycles. The van der Waals surface area contributed by atoms with Crippen molar-refractivity contribution >= 4 is 5.91 Å². The summed E-state index contributed by atoms with van der Waals surface area (Å²) in [6.07, 6.45) is 34.1. The minimum atomic E-state index is -1.79. The molecular formula is C57H107NO13. The molecule has 0 aromatic rings. The van der Waals surface area contributed by atoms with Crippen LogP contribution in [0.15, 0.2) is 24.3 Å². The Bertz CT molecular complexity index is 1290. The summed E-state index contributed by atoms with van der Waals surface area (Å²) in [5, 5.41) is 86.6. The van der Waals surface area contributed by atoms with E-state index in [1.807, 2.05) is 6.08 Å². The molecule has 0 bridgehead atoms. The normalized spacial score (nSPS) is 25.9. The van der Waals surface area contributed by atoms with Crippen LogP contribution in [0.25, 0.3) is 0 Å². The Morgan fingerprint density at radius 3 is 1.34 bits per heavy atom. The zero-order chi connectivity index (χ0) is 51.7. The number of allylic oxidation sites excluding steroid dienone is 3. The van der Waals surface area contributed by atoms with E-state index < -0.39 is 86.8 Å². The second-order valence-corrected chi connectivity index (χ2v) is 20.8. The number of unbranched alkanes of at least 4 members (excludes halogenated alkanes) is 31. The van der Waals surface area contributed by atoms with Crippen LogP contribution in [0, 0.1) is 0 Å². The van der Waals surface area contributed by atoms with Gasteiger partial charge in [0.2, 0.25) is 5.91 Å². The first-order chi connectivity index (χ1) is 34.6. The molecule has 2 aliphatic heterocycles. The zero-order valence-corrected chi connectivity index (χ0v) is 44.7. The maximum absolute atomic E-state index is 13.2. The SMILES string of the molecule is CCCCCCCC/C=C/C(O)C(COC1OC(CO)C(OC2OC(CO)C(O)C(O)C2O)C(O)C1O)NC(=O)CCCCCCCCCCCCCCCCCCC/C=C\CCCCCCCCCC. The molecule has 12 atom stereocenters. The van der Waals surface area contributed by atoms with Crippen molar-refractivity contribution in [1.82, 2.24) is 5.32 Å². The van der Waals surface area contributed by atoms with Gasteiger partial charge in [-0.3, -0.25) is 4.79 Å². The summed E-state index contributed by atoms with van der Waals surface area (Å²) in [4.78, 5) is 13.2. The summed E-state index contributed by atoms with van der Waals surface area (Å²) >= 11 is 0. The van der Waals surface area contributed by atoms with Crippen molar-refractivity contribution in [3.8, 4) is 0 Å². The summed E-state index contributed by atoms with van der Waals surface area (Å²) < 4.78 is 22.7. The largest absolute Gasteiger partial charge is 0.394 e. The van der Waals surface area contributed by atoms with Gasteiger partial charge < -0.3 is 65.1 Å². The first-order valence-electron chi connectivity index (χ1n) is 29.1. The highest BCUT2D eigenvalue weighted by molar-refractivity contribution is 5.76. The second kappa shape index (κ2) is 43.7. The van der Waals surface area contributed by atoms with Crippen molar-refractivity contribution in [3.05, 3.63) is 24.3 Å². The van der Waals surface area contributed by atoms with E-state index in [4.69, 9.17) is 18.9 Å². The fourth-order valence-electron chi connectivity index (χ4n) is 9.64. The number of aliphatic hydroxyl groups is 8. The molecule has 14 nitrogen and oxygen atoms in total. The van der Waals surface area contributed by atoms with Gasteiger partial charge in [0, 0.05) is 6.42 Å². The number of carbonyl (C=O) groups is 1. The summed E-state index contributed by atoms with van der Waals surface area (Å²) in [7, 11) is 0. The monoisotopic (exact) mass is 1010 g/mol. The lowest BCUT2D eigenvalue weighted by Gasteiger charge is -2.46. The van der Waals surface area contributed by atoms with Crippen LogP contribution < -0.4 is 5.32 Å². The Kier molecular flexibility index (Phi) is 40.4. The highest BCUT2D eigenvalue weighted by Crippen LogP contribution is 2.30. The van der Waals surface area contributed by atoms with Crippen LogP contribution in [0.3, 0.4) is 0 Å². The van der Waals surface area contributed by atoms with Gasteiger partial charge in [-0.2, -0.15) is 0 Å². The van der Waals surface area contributed by atoms with Gasteiger partial charge >= 0.3 is 0 Å². The topological polar surface area (TPSA) is 228 Å². The molecule has 9 N–H and O–H groups in total.